The summed E-state index contributed by atoms with van der Waals surface area (Å²) in [6, 6.07) is 10.4. The Balaban J connectivity index is 2.06. The number of carbonyl (C=O) groups is 2. The van der Waals surface area contributed by atoms with Crippen LogP contribution in [0.25, 0.3) is 0 Å². The maximum atomic E-state index is 13.0. The fraction of sp³-hybridized carbons (Fsp3) is 0.263. The fourth-order valence-electron chi connectivity index (χ4n) is 3.17. The number of fused-ring (bicyclic) bond motifs is 1. The number of benzene rings is 2. The molecule has 1 N–H and O–H groups in total. The van der Waals surface area contributed by atoms with Crippen LogP contribution >= 0.6 is 23.2 Å². The lowest BCUT2D eigenvalue weighted by molar-refractivity contribution is -0.141. The van der Waals surface area contributed by atoms with E-state index in [1.165, 1.54) is 11.8 Å². The zero-order valence-electron chi connectivity index (χ0n) is 13.8. The average Bonchev–Trinajstić information content (AvgIpc) is 2.71. The van der Waals surface area contributed by atoms with Crippen LogP contribution in [0.1, 0.15) is 30.0 Å². The molecule has 1 heterocycles. The molecular formula is C19H17Cl2NO3. The van der Waals surface area contributed by atoms with Gasteiger partial charge in [-0.25, -0.2) is 0 Å². The molecule has 130 valence electrons. The van der Waals surface area contributed by atoms with Crippen molar-refractivity contribution in [2.24, 2.45) is 0 Å². The van der Waals surface area contributed by atoms with Gasteiger partial charge in [0.2, 0.25) is 0 Å². The molecule has 4 nitrogen and oxygen atoms in total. The number of aliphatic hydroxyl groups is 1. The molecule has 25 heavy (non-hydrogen) atoms. The van der Waals surface area contributed by atoms with Crippen molar-refractivity contribution >= 4 is 40.6 Å². The number of hydrogen-bond donors (Lipinski definition) is 1. The van der Waals surface area contributed by atoms with Crippen LogP contribution in [0.15, 0.2) is 36.4 Å². The quantitative estimate of drug-likeness (QED) is 0.875. The molecule has 1 aliphatic heterocycles. The summed E-state index contributed by atoms with van der Waals surface area (Å²) in [6.07, 6.45) is -0.257. The van der Waals surface area contributed by atoms with E-state index in [-0.39, 0.29) is 18.7 Å². The minimum atomic E-state index is -1.84. The van der Waals surface area contributed by atoms with Gasteiger partial charge in [0.15, 0.2) is 5.60 Å². The van der Waals surface area contributed by atoms with E-state index < -0.39 is 11.5 Å². The van der Waals surface area contributed by atoms with Gasteiger partial charge in [0, 0.05) is 22.0 Å². The van der Waals surface area contributed by atoms with Crippen molar-refractivity contribution in [3.63, 3.8) is 0 Å². The van der Waals surface area contributed by atoms with Crippen LogP contribution in [0.5, 0.6) is 0 Å². The van der Waals surface area contributed by atoms with Crippen LogP contribution < -0.4 is 4.90 Å². The highest BCUT2D eigenvalue weighted by molar-refractivity contribution is 6.35. The van der Waals surface area contributed by atoms with Gasteiger partial charge in [-0.05, 0) is 37.6 Å². The van der Waals surface area contributed by atoms with Crippen molar-refractivity contribution in [3.8, 4) is 0 Å². The third-order valence-corrected chi connectivity index (χ3v) is 4.92. The van der Waals surface area contributed by atoms with Crippen LogP contribution in [-0.4, -0.2) is 16.8 Å². The van der Waals surface area contributed by atoms with Gasteiger partial charge in [-0.15, -0.1) is 0 Å². The number of carbonyl (C=O) groups excluding carboxylic acids is 2. The summed E-state index contributed by atoms with van der Waals surface area (Å²) in [5, 5.41) is 11.9. The molecule has 0 radical (unpaired) electrons. The summed E-state index contributed by atoms with van der Waals surface area (Å²) < 4.78 is 0. The Morgan fingerprint density at radius 2 is 1.92 bits per heavy atom. The van der Waals surface area contributed by atoms with Crippen LogP contribution in [0, 0.1) is 6.92 Å². The van der Waals surface area contributed by atoms with Gasteiger partial charge in [-0.1, -0.05) is 47.0 Å². The summed E-state index contributed by atoms with van der Waals surface area (Å²) in [6.45, 7) is 3.42. The minimum absolute atomic E-state index is 0.186. The summed E-state index contributed by atoms with van der Waals surface area (Å²) in [5.41, 5.74) is 0.813. The monoisotopic (exact) mass is 377 g/mol. The van der Waals surface area contributed by atoms with E-state index in [9.17, 15) is 14.7 Å². The number of ketones is 1. The first-order valence-electron chi connectivity index (χ1n) is 7.81. The van der Waals surface area contributed by atoms with Gasteiger partial charge in [0.25, 0.3) is 5.91 Å². The second-order valence-electron chi connectivity index (χ2n) is 6.39. The number of aryl methyl sites for hydroxylation is 1. The smallest absolute Gasteiger partial charge is 0.264 e. The molecule has 0 bridgehead atoms. The molecule has 1 amide bonds. The first-order chi connectivity index (χ1) is 11.7. The first-order valence-corrected chi connectivity index (χ1v) is 8.57. The molecule has 6 heteroatoms. The van der Waals surface area contributed by atoms with E-state index in [4.69, 9.17) is 23.2 Å². The Bertz CT molecular complexity index is 881. The number of rotatable bonds is 4. The molecule has 3 rings (SSSR count). The standard InChI is InChI=1S/C19H17Cl2NO3/c1-11-3-6-17-15(7-11)19(25,9-12(2)23)18(24)22(17)10-13-4-5-14(20)8-16(13)21/h3-8,25H,9-10H2,1-2H3/t19-/m1/s1. The summed E-state index contributed by atoms with van der Waals surface area (Å²) >= 11 is 12.1. The number of Topliss-reactive ketones (excluding diaryl/α,β-unsaturated/α-hetero) is 1. The van der Waals surface area contributed by atoms with E-state index in [1.54, 1.807) is 30.3 Å². The summed E-state index contributed by atoms with van der Waals surface area (Å²) in [5.74, 6) is -0.774. The molecule has 0 spiro atoms. The zero-order chi connectivity index (χ0) is 18.4. The van der Waals surface area contributed by atoms with Crippen molar-refractivity contribution < 1.29 is 14.7 Å². The van der Waals surface area contributed by atoms with Crippen LogP contribution in [-0.2, 0) is 21.7 Å². The third-order valence-electron chi connectivity index (χ3n) is 4.34. The Morgan fingerprint density at radius 1 is 1.20 bits per heavy atom. The van der Waals surface area contributed by atoms with E-state index in [2.05, 4.69) is 0 Å². The molecule has 0 aromatic heterocycles. The first kappa shape index (κ1) is 17.9. The van der Waals surface area contributed by atoms with Crippen LogP contribution in [0.4, 0.5) is 5.69 Å². The average molecular weight is 378 g/mol. The van der Waals surface area contributed by atoms with Gasteiger partial charge >= 0.3 is 0 Å². The summed E-state index contributed by atoms with van der Waals surface area (Å²) in [7, 11) is 0. The lowest BCUT2D eigenvalue weighted by Crippen LogP contribution is -2.41. The van der Waals surface area contributed by atoms with Gasteiger partial charge < -0.3 is 10.0 Å². The molecule has 0 saturated carbocycles. The maximum absolute atomic E-state index is 13.0. The second kappa shape index (κ2) is 6.45. The number of anilines is 1. The molecule has 0 unspecified atom stereocenters. The molecule has 2 aromatic rings. The van der Waals surface area contributed by atoms with E-state index in [0.29, 0.717) is 26.9 Å². The topological polar surface area (TPSA) is 57.6 Å². The Morgan fingerprint density at radius 3 is 2.56 bits per heavy atom. The third kappa shape index (κ3) is 3.17. The minimum Gasteiger partial charge on any atom is -0.375 e. The maximum Gasteiger partial charge on any atom is 0.264 e. The second-order valence-corrected chi connectivity index (χ2v) is 7.23. The zero-order valence-corrected chi connectivity index (χ0v) is 15.4. The van der Waals surface area contributed by atoms with Crippen molar-refractivity contribution in [1.82, 2.24) is 0 Å². The highest BCUT2D eigenvalue weighted by Gasteiger charge is 2.50. The van der Waals surface area contributed by atoms with Crippen molar-refractivity contribution in [2.45, 2.75) is 32.4 Å². The van der Waals surface area contributed by atoms with Gasteiger partial charge in [0.1, 0.15) is 5.78 Å². The predicted octanol–water partition coefficient (Wildman–Crippen LogP) is 4.02. The van der Waals surface area contributed by atoms with Crippen LogP contribution in [0.3, 0.4) is 0 Å². The normalized spacial score (nSPS) is 19.2. The van der Waals surface area contributed by atoms with Crippen molar-refractivity contribution in [2.75, 3.05) is 4.90 Å². The molecule has 1 aliphatic rings. The highest BCUT2D eigenvalue weighted by atomic mass is 35.5. The van der Waals surface area contributed by atoms with Crippen molar-refractivity contribution in [1.29, 1.82) is 0 Å². The molecular weight excluding hydrogens is 361 g/mol. The van der Waals surface area contributed by atoms with Crippen LogP contribution in [0.2, 0.25) is 10.0 Å². The van der Waals surface area contributed by atoms with Gasteiger partial charge in [-0.2, -0.15) is 0 Å². The Hall–Kier alpha value is -1.88. The largest absolute Gasteiger partial charge is 0.375 e. The van der Waals surface area contributed by atoms with Gasteiger partial charge in [0.05, 0.1) is 12.2 Å². The molecule has 0 fully saturated rings. The Labute approximate surface area is 156 Å². The van der Waals surface area contributed by atoms with E-state index in [1.807, 2.05) is 13.0 Å². The Kier molecular flexibility index (Phi) is 4.62. The molecule has 0 aliphatic carbocycles. The SMILES string of the molecule is CC(=O)C[C@]1(O)C(=O)N(Cc2ccc(Cl)cc2Cl)c2ccc(C)cc21. The molecule has 1 atom stereocenters. The molecule has 2 aromatic carbocycles. The summed E-state index contributed by atoms with van der Waals surface area (Å²) in [4.78, 5) is 26.1. The molecule has 0 saturated heterocycles. The number of nitrogens with zero attached hydrogens (tertiary/aromatic N) is 1. The number of amides is 1. The fourth-order valence-corrected chi connectivity index (χ4v) is 3.64. The van der Waals surface area contributed by atoms with E-state index in [0.717, 1.165) is 5.56 Å². The highest BCUT2D eigenvalue weighted by Crippen LogP contribution is 2.44. The lowest BCUT2D eigenvalue weighted by Gasteiger charge is -2.22. The number of hydrogen-bond acceptors (Lipinski definition) is 3. The number of halogens is 2. The van der Waals surface area contributed by atoms with Gasteiger partial charge in [-0.3, -0.25) is 9.59 Å². The predicted molar refractivity (Wildman–Crippen MR) is 98.0 cm³/mol. The lowest BCUT2D eigenvalue weighted by atomic mass is 9.89. The van der Waals surface area contributed by atoms with Crippen molar-refractivity contribution in [3.05, 3.63) is 63.1 Å². The van der Waals surface area contributed by atoms with E-state index >= 15 is 0 Å².